The van der Waals surface area contributed by atoms with Gasteiger partial charge in [0.1, 0.15) is 11.2 Å². The molecule has 12 aromatic rings. The van der Waals surface area contributed by atoms with Gasteiger partial charge < -0.3 is 23.6 Å². The van der Waals surface area contributed by atoms with Gasteiger partial charge >= 0.3 is 6.85 Å². The van der Waals surface area contributed by atoms with E-state index >= 15 is 0 Å². The van der Waals surface area contributed by atoms with E-state index in [0.29, 0.717) is 0 Å². The molecule has 6 heteroatoms. The Hall–Kier alpha value is -8.74. The molecule has 0 saturated carbocycles. The summed E-state index contributed by atoms with van der Waals surface area (Å²) in [5, 5.41) is 4.65. The van der Waals surface area contributed by atoms with Crippen LogP contribution in [0.3, 0.4) is 0 Å². The molecule has 2 aliphatic heterocycles. The second kappa shape index (κ2) is 15.4. The van der Waals surface area contributed by atoms with E-state index in [1.807, 2.05) is 0 Å². The van der Waals surface area contributed by atoms with E-state index in [1.54, 1.807) is 0 Å². The Balaban J connectivity index is 1.16. The monoisotopic (exact) mass is 898 g/mol. The maximum absolute atomic E-state index is 6.79. The number of rotatable bonds is 7. The van der Waals surface area contributed by atoms with Crippen LogP contribution in [0.4, 0.5) is 45.5 Å². The SMILES string of the molecule is CC(C)(C)c1ccc(N2B3c4cc5oc6ccccc6c5cc4-n4c5ccccc5c5c(N(c6ccccc6)c6ccccc6)cc(c3c54)-c3cc(N(c4ccccc4)c4ccccc4)ccc32)cc1. The Labute approximate surface area is 407 Å². The third kappa shape index (κ3) is 6.06. The lowest BCUT2D eigenvalue weighted by Gasteiger charge is -2.43. The van der Waals surface area contributed by atoms with Crippen LogP contribution in [0, 0.1) is 0 Å². The third-order valence-corrected chi connectivity index (χ3v) is 14.6. The largest absolute Gasteiger partial charge is 0.456 e. The van der Waals surface area contributed by atoms with Crippen LogP contribution in [0.5, 0.6) is 0 Å². The molecular weight excluding hydrogens is 852 g/mol. The van der Waals surface area contributed by atoms with Crippen LogP contribution in [-0.2, 0) is 5.41 Å². The van der Waals surface area contributed by atoms with Crippen molar-refractivity contribution in [2.75, 3.05) is 14.6 Å². The van der Waals surface area contributed by atoms with Gasteiger partial charge in [-0.25, -0.2) is 0 Å². The van der Waals surface area contributed by atoms with Crippen LogP contribution in [0.15, 0.2) is 235 Å². The molecule has 0 aliphatic carbocycles. The summed E-state index contributed by atoms with van der Waals surface area (Å²) < 4.78 is 9.36. The standard InChI is InChI=1S/C64H47BN4O/c1-64(2,3)42-32-34-47(35-33-42)69-56-37-36-48(66(43-20-8-4-9-21-43)44-22-10-5-11-23-44)38-51(56)53-40-58(67(45-24-12-6-13-25-45)46-26-14-7-15-27-46)61-50-29-16-18-30-55(50)68-57-39-52-49-28-17-19-31-59(49)70-60(52)41-54(57)65(69)62(53)63(61)68/h4-41H,1-3H3. The third-order valence-electron chi connectivity index (χ3n) is 14.6. The quantitative estimate of drug-likeness (QED) is 0.149. The predicted octanol–water partition coefficient (Wildman–Crippen LogP) is 16.2. The van der Waals surface area contributed by atoms with Crippen molar-refractivity contribution >= 4 is 107 Å². The summed E-state index contributed by atoms with van der Waals surface area (Å²) in [7, 11) is 0. The molecule has 0 amide bonds. The number of aromatic nitrogens is 1. The summed E-state index contributed by atoms with van der Waals surface area (Å²) in [6, 6.07) is 84.3. The highest BCUT2D eigenvalue weighted by Crippen LogP contribution is 2.52. The topological polar surface area (TPSA) is 27.8 Å². The molecule has 2 aromatic heterocycles. The summed E-state index contributed by atoms with van der Waals surface area (Å²) >= 11 is 0. The molecule has 4 heterocycles. The maximum Gasteiger partial charge on any atom is 0.333 e. The summed E-state index contributed by atoms with van der Waals surface area (Å²) in [4.78, 5) is 7.46. The van der Waals surface area contributed by atoms with Crippen molar-refractivity contribution in [2.45, 2.75) is 26.2 Å². The molecule has 0 radical (unpaired) electrons. The van der Waals surface area contributed by atoms with E-state index in [0.717, 1.165) is 78.7 Å². The second-order valence-electron chi connectivity index (χ2n) is 19.7. The first kappa shape index (κ1) is 40.3. The molecule has 70 heavy (non-hydrogen) atoms. The number of furan rings is 1. The van der Waals surface area contributed by atoms with Crippen LogP contribution in [0.25, 0.3) is 60.6 Å². The molecule has 0 spiro atoms. The van der Waals surface area contributed by atoms with Crippen molar-refractivity contribution in [3.05, 3.63) is 236 Å². The minimum atomic E-state index is -0.212. The summed E-state index contributed by atoms with van der Waals surface area (Å²) in [5.41, 5.74) is 20.3. The van der Waals surface area contributed by atoms with Gasteiger partial charge in [0.05, 0.1) is 16.7 Å². The van der Waals surface area contributed by atoms with Crippen molar-refractivity contribution in [3.63, 3.8) is 0 Å². The second-order valence-corrected chi connectivity index (χ2v) is 19.7. The summed E-state index contributed by atoms with van der Waals surface area (Å²) in [6.45, 7) is 6.66. The molecule has 5 nitrogen and oxygen atoms in total. The fourth-order valence-electron chi connectivity index (χ4n) is 11.5. The zero-order chi connectivity index (χ0) is 46.7. The lowest BCUT2D eigenvalue weighted by molar-refractivity contribution is 0.590. The lowest BCUT2D eigenvalue weighted by atomic mass is 9.44. The minimum absolute atomic E-state index is 0.00457. The average Bonchev–Trinajstić information content (AvgIpc) is 3.95. The van der Waals surface area contributed by atoms with Crippen molar-refractivity contribution < 1.29 is 4.42 Å². The zero-order valence-electron chi connectivity index (χ0n) is 39.2. The van der Waals surface area contributed by atoms with Gasteiger partial charge in [-0.15, -0.1) is 0 Å². The smallest absolute Gasteiger partial charge is 0.333 e. The van der Waals surface area contributed by atoms with Gasteiger partial charge in [-0.05, 0) is 137 Å². The molecule has 0 fully saturated rings. The predicted molar refractivity (Wildman–Crippen MR) is 295 cm³/mol. The zero-order valence-corrected chi connectivity index (χ0v) is 39.2. The van der Waals surface area contributed by atoms with Crippen molar-refractivity contribution in [1.29, 1.82) is 0 Å². The average molecular weight is 899 g/mol. The van der Waals surface area contributed by atoms with Crippen molar-refractivity contribution in [3.8, 4) is 16.8 Å². The van der Waals surface area contributed by atoms with Gasteiger partial charge in [0.15, 0.2) is 0 Å². The molecule has 0 N–H and O–H groups in total. The lowest BCUT2D eigenvalue weighted by Crippen LogP contribution is -2.60. The van der Waals surface area contributed by atoms with E-state index in [2.05, 4.69) is 270 Å². The molecular formula is C64H47BN4O. The van der Waals surface area contributed by atoms with Gasteiger partial charge in [0, 0.05) is 72.6 Å². The first-order valence-corrected chi connectivity index (χ1v) is 24.3. The first-order chi connectivity index (χ1) is 34.4. The maximum atomic E-state index is 6.79. The van der Waals surface area contributed by atoms with E-state index in [9.17, 15) is 0 Å². The van der Waals surface area contributed by atoms with Gasteiger partial charge in [-0.1, -0.05) is 142 Å². The van der Waals surface area contributed by atoms with Gasteiger partial charge in [0.25, 0.3) is 0 Å². The van der Waals surface area contributed by atoms with E-state index in [4.69, 9.17) is 4.42 Å². The summed E-state index contributed by atoms with van der Waals surface area (Å²) in [5.74, 6) is 0. The Kier molecular flexibility index (Phi) is 8.87. The van der Waals surface area contributed by atoms with Crippen LogP contribution in [-0.4, -0.2) is 11.4 Å². The Morgan fingerprint density at radius 1 is 0.443 bits per heavy atom. The number of para-hydroxylation sites is 6. The van der Waals surface area contributed by atoms with Gasteiger partial charge in [-0.2, -0.15) is 0 Å². The Bertz CT molecular complexity index is 3910. The highest BCUT2D eigenvalue weighted by Gasteiger charge is 2.45. The molecule has 2 aliphatic rings. The summed E-state index contributed by atoms with van der Waals surface area (Å²) in [6.07, 6.45) is 0. The number of nitrogens with zero attached hydrogens (tertiary/aromatic N) is 4. The van der Waals surface area contributed by atoms with Crippen LogP contribution in [0.1, 0.15) is 26.3 Å². The number of anilines is 8. The number of hydrogen-bond donors (Lipinski definition) is 0. The van der Waals surface area contributed by atoms with Crippen LogP contribution in [0.2, 0.25) is 0 Å². The van der Waals surface area contributed by atoms with E-state index in [-0.39, 0.29) is 12.3 Å². The first-order valence-electron chi connectivity index (χ1n) is 24.3. The molecule has 0 unspecified atom stereocenters. The Morgan fingerprint density at radius 3 is 1.64 bits per heavy atom. The molecule has 14 rings (SSSR count). The molecule has 0 bridgehead atoms. The van der Waals surface area contributed by atoms with E-state index < -0.39 is 0 Å². The minimum Gasteiger partial charge on any atom is -0.456 e. The molecule has 10 aromatic carbocycles. The molecule has 0 saturated heterocycles. The van der Waals surface area contributed by atoms with Crippen molar-refractivity contribution in [2.24, 2.45) is 0 Å². The highest BCUT2D eigenvalue weighted by molar-refractivity contribution is 6.94. The van der Waals surface area contributed by atoms with E-state index in [1.165, 1.54) is 43.9 Å². The van der Waals surface area contributed by atoms with Crippen LogP contribution >= 0.6 is 0 Å². The molecule has 0 atom stereocenters. The van der Waals surface area contributed by atoms with Crippen molar-refractivity contribution in [1.82, 2.24) is 4.57 Å². The highest BCUT2D eigenvalue weighted by atomic mass is 16.3. The number of benzene rings is 10. The number of fused-ring (bicyclic) bond motifs is 11. The fourth-order valence-corrected chi connectivity index (χ4v) is 11.5. The molecule has 332 valence electrons. The van der Waals surface area contributed by atoms with Crippen LogP contribution < -0.4 is 25.5 Å². The Morgan fingerprint density at radius 2 is 1.01 bits per heavy atom. The normalized spacial score (nSPS) is 12.7. The fraction of sp³-hybridized carbons (Fsp3) is 0.0625. The number of hydrogen-bond acceptors (Lipinski definition) is 4. The van der Waals surface area contributed by atoms with Gasteiger partial charge in [0.2, 0.25) is 0 Å². The van der Waals surface area contributed by atoms with Gasteiger partial charge in [-0.3, -0.25) is 0 Å².